The van der Waals surface area contributed by atoms with E-state index < -0.39 is 0 Å². The van der Waals surface area contributed by atoms with Crippen molar-refractivity contribution < 1.29 is 4.79 Å². The molecule has 1 atom stereocenters. The molecule has 0 bridgehead atoms. The molecule has 1 fully saturated rings. The van der Waals surface area contributed by atoms with Crippen molar-refractivity contribution in [2.24, 2.45) is 0 Å². The summed E-state index contributed by atoms with van der Waals surface area (Å²) in [6.07, 6.45) is 3.47. The summed E-state index contributed by atoms with van der Waals surface area (Å²) in [4.78, 5) is 14.5. The second-order valence-electron chi connectivity index (χ2n) is 6.01. The third kappa shape index (κ3) is 4.48. The first-order valence-electron chi connectivity index (χ1n) is 8.24. The average Bonchev–Trinajstić information content (AvgIpc) is 3.02. The van der Waals surface area contributed by atoms with E-state index in [1.54, 1.807) is 0 Å². The molecule has 0 saturated carbocycles. The van der Waals surface area contributed by atoms with Gasteiger partial charge in [-0.2, -0.15) is 0 Å². The number of hydrogen-bond donors (Lipinski definition) is 1. The third-order valence-electron chi connectivity index (χ3n) is 3.97. The van der Waals surface area contributed by atoms with Crippen molar-refractivity contribution >= 4 is 39.8 Å². The summed E-state index contributed by atoms with van der Waals surface area (Å²) in [5, 5.41) is 12.3. The Morgan fingerprint density at radius 1 is 1.29 bits per heavy atom. The predicted molar refractivity (Wildman–Crippen MR) is 100 cm³/mol. The molecule has 2 aromatic rings. The van der Waals surface area contributed by atoms with Crippen LogP contribution in [0.4, 0.5) is 10.8 Å². The van der Waals surface area contributed by atoms with Crippen LogP contribution >= 0.6 is 23.1 Å². The van der Waals surface area contributed by atoms with Gasteiger partial charge in [0.15, 0.2) is 4.34 Å². The van der Waals surface area contributed by atoms with Gasteiger partial charge in [-0.1, -0.05) is 35.2 Å². The highest BCUT2D eigenvalue weighted by atomic mass is 32.2. The lowest BCUT2D eigenvalue weighted by Crippen LogP contribution is -2.40. The lowest BCUT2D eigenvalue weighted by molar-refractivity contribution is -0.131. The van der Waals surface area contributed by atoms with Crippen LogP contribution in [-0.4, -0.2) is 39.3 Å². The number of hydrogen-bond acceptors (Lipinski definition) is 6. The molecule has 1 saturated heterocycles. The van der Waals surface area contributed by atoms with Crippen molar-refractivity contribution in [2.75, 3.05) is 18.4 Å². The molecule has 128 valence electrons. The third-order valence-corrected chi connectivity index (χ3v) is 5.98. The fourth-order valence-electron chi connectivity index (χ4n) is 2.73. The number of carbonyl (C=O) groups is 1. The zero-order valence-electron chi connectivity index (χ0n) is 14.0. The Morgan fingerprint density at radius 3 is 2.83 bits per heavy atom. The van der Waals surface area contributed by atoms with E-state index >= 15 is 0 Å². The van der Waals surface area contributed by atoms with Crippen molar-refractivity contribution in [1.82, 2.24) is 15.1 Å². The zero-order valence-corrected chi connectivity index (χ0v) is 15.6. The number of nitrogens with zero attached hydrogens (tertiary/aromatic N) is 3. The summed E-state index contributed by atoms with van der Waals surface area (Å²) < 4.78 is 0.822. The number of nitrogens with one attached hydrogen (secondary N) is 1. The molecule has 0 spiro atoms. The maximum atomic E-state index is 12.5. The van der Waals surface area contributed by atoms with Crippen LogP contribution in [0.3, 0.4) is 0 Å². The molecule has 24 heavy (non-hydrogen) atoms. The Balaban J connectivity index is 1.58. The number of likely N-dealkylation sites (tertiary alicyclic amines) is 1. The van der Waals surface area contributed by atoms with E-state index in [9.17, 15) is 4.79 Å². The average molecular weight is 363 g/mol. The lowest BCUT2D eigenvalue weighted by atomic mass is 10.1. The first-order chi connectivity index (χ1) is 11.6. The minimum absolute atomic E-state index is 0.122. The van der Waals surface area contributed by atoms with E-state index in [1.165, 1.54) is 35.1 Å². The lowest BCUT2D eigenvalue weighted by Gasteiger charge is -2.28. The summed E-state index contributed by atoms with van der Waals surface area (Å²) in [5.74, 6) is 0.211. The van der Waals surface area contributed by atoms with Crippen LogP contribution in [0.2, 0.25) is 0 Å². The molecule has 7 heteroatoms. The first-order valence-corrected chi connectivity index (χ1v) is 9.94. The number of amides is 1. The van der Waals surface area contributed by atoms with Gasteiger partial charge in [-0.15, -0.1) is 10.2 Å². The number of aryl methyl sites for hydroxylation is 1. The summed E-state index contributed by atoms with van der Waals surface area (Å²) >= 11 is 2.98. The molecule has 1 aromatic carbocycles. The highest BCUT2D eigenvalue weighted by Crippen LogP contribution is 2.31. The Kier molecular flexibility index (Phi) is 5.73. The van der Waals surface area contributed by atoms with Crippen molar-refractivity contribution in [3.63, 3.8) is 0 Å². The van der Waals surface area contributed by atoms with E-state index in [0.29, 0.717) is 0 Å². The Morgan fingerprint density at radius 2 is 2.08 bits per heavy atom. The van der Waals surface area contributed by atoms with Crippen LogP contribution in [0.15, 0.2) is 28.6 Å². The molecule has 1 aliphatic rings. The van der Waals surface area contributed by atoms with Crippen LogP contribution in [0.25, 0.3) is 0 Å². The molecule has 2 heterocycles. The van der Waals surface area contributed by atoms with Gasteiger partial charge < -0.3 is 10.2 Å². The van der Waals surface area contributed by atoms with Crippen LogP contribution in [0, 0.1) is 6.92 Å². The largest absolute Gasteiger partial charge is 0.342 e. The topological polar surface area (TPSA) is 58.1 Å². The van der Waals surface area contributed by atoms with Gasteiger partial charge in [0.05, 0.1) is 5.25 Å². The fourth-order valence-corrected chi connectivity index (χ4v) is 4.73. The molecule has 5 nitrogen and oxygen atoms in total. The van der Waals surface area contributed by atoms with E-state index in [4.69, 9.17) is 0 Å². The Hall–Kier alpha value is -1.60. The van der Waals surface area contributed by atoms with Gasteiger partial charge in [0.2, 0.25) is 11.0 Å². The molecular formula is C17H22N4OS2. The minimum atomic E-state index is -0.122. The van der Waals surface area contributed by atoms with Crippen LogP contribution in [0.5, 0.6) is 0 Å². The molecule has 0 unspecified atom stereocenters. The number of rotatable bonds is 5. The maximum Gasteiger partial charge on any atom is 0.235 e. The predicted octanol–water partition coefficient (Wildman–Crippen LogP) is 4.08. The quantitative estimate of drug-likeness (QED) is 0.812. The molecule has 1 amide bonds. The smallest absolute Gasteiger partial charge is 0.235 e. The molecule has 1 N–H and O–H groups in total. The number of thioether (sulfide) groups is 1. The number of anilines is 2. The van der Waals surface area contributed by atoms with E-state index in [1.807, 2.05) is 24.0 Å². The van der Waals surface area contributed by atoms with Crippen LogP contribution in [-0.2, 0) is 4.79 Å². The summed E-state index contributed by atoms with van der Waals surface area (Å²) in [5.41, 5.74) is 2.19. The molecule has 1 aliphatic heterocycles. The Labute approximate surface area is 150 Å². The normalized spacial score (nSPS) is 16.0. The monoisotopic (exact) mass is 362 g/mol. The van der Waals surface area contributed by atoms with Crippen LogP contribution in [0.1, 0.15) is 31.7 Å². The SMILES string of the molecule is Cc1cccc(Nc2nnc(S[C@H](C)C(=O)N3CCCCC3)s2)c1. The number of piperidine rings is 1. The van der Waals surface area contributed by atoms with Crippen molar-refractivity contribution in [3.8, 4) is 0 Å². The molecule has 0 aliphatic carbocycles. The molecular weight excluding hydrogens is 340 g/mol. The standard InChI is InChI=1S/C17H22N4OS2/c1-12-7-6-8-14(11-12)18-16-19-20-17(24-16)23-13(2)15(22)21-9-4-3-5-10-21/h6-8,11,13H,3-5,9-10H2,1-2H3,(H,18,19)/t13-/m1/s1. The van der Waals surface area contributed by atoms with E-state index in [2.05, 4.69) is 34.6 Å². The van der Waals surface area contributed by atoms with Gasteiger partial charge in [0.1, 0.15) is 0 Å². The highest BCUT2D eigenvalue weighted by Gasteiger charge is 2.24. The van der Waals surface area contributed by atoms with Gasteiger partial charge in [-0.25, -0.2) is 0 Å². The van der Waals surface area contributed by atoms with E-state index in [-0.39, 0.29) is 11.2 Å². The zero-order chi connectivity index (χ0) is 16.9. The number of carbonyl (C=O) groups excluding carboxylic acids is 1. The summed E-state index contributed by atoms with van der Waals surface area (Å²) in [7, 11) is 0. The van der Waals surface area contributed by atoms with Gasteiger partial charge >= 0.3 is 0 Å². The number of aromatic nitrogens is 2. The molecule has 3 rings (SSSR count). The maximum absolute atomic E-state index is 12.5. The summed E-state index contributed by atoms with van der Waals surface area (Å²) in [6.45, 7) is 5.79. The highest BCUT2D eigenvalue weighted by molar-refractivity contribution is 8.02. The van der Waals surface area contributed by atoms with Gasteiger partial charge in [-0.3, -0.25) is 4.79 Å². The molecule has 0 radical (unpaired) electrons. The number of benzene rings is 1. The second-order valence-corrected chi connectivity index (χ2v) is 8.58. The second kappa shape index (κ2) is 7.98. The first kappa shape index (κ1) is 17.2. The summed E-state index contributed by atoms with van der Waals surface area (Å²) in [6, 6.07) is 8.13. The van der Waals surface area contributed by atoms with Crippen molar-refractivity contribution in [2.45, 2.75) is 42.7 Å². The Bertz CT molecular complexity index is 697. The van der Waals surface area contributed by atoms with Crippen LogP contribution < -0.4 is 5.32 Å². The van der Waals surface area contributed by atoms with Gasteiger partial charge in [0.25, 0.3) is 0 Å². The minimum Gasteiger partial charge on any atom is -0.342 e. The van der Waals surface area contributed by atoms with E-state index in [0.717, 1.165) is 41.1 Å². The van der Waals surface area contributed by atoms with Gasteiger partial charge in [0, 0.05) is 18.8 Å². The van der Waals surface area contributed by atoms with Crippen molar-refractivity contribution in [1.29, 1.82) is 0 Å². The fraction of sp³-hybridized carbons (Fsp3) is 0.471. The van der Waals surface area contributed by atoms with Gasteiger partial charge in [-0.05, 0) is 50.8 Å². The van der Waals surface area contributed by atoms with Crippen molar-refractivity contribution in [3.05, 3.63) is 29.8 Å². The molecule has 1 aromatic heterocycles.